The van der Waals surface area contributed by atoms with E-state index in [9.17, 15) is 0 Å². The fourth-order valence-electron chi connectivity index (χ4n) is 4.92. The van der Waals surface area contributed by atoms with E-state index in [0.29, 0.717) is 25.6 Å². The van der Waals surface area contributed by atoms with Crippen molar-refractivity contribution in [3.8, 4) is 11.3 Å². The van der Waals surface area contributed by atoms with Crippen molar-refractivity contribution in [3.63, 3.8) is 0 Å². The molecule has 1 aromatic carbocycles. The number of H-pyrrole nitrogens is 1. The number of anilines is 1. The van der Waals surface area contributed by atoms with Crippen LogP contribution in [-0.2, 0) is 11.2 Å². The van der Waals surface area contributed by atoms with Crippen molar-refractivity contribution >= 4 is 16.9 Å². The number of likely N-dealkylation sites (tertiary alicyclic amines) is 1. The molecule has 0 aliphatic carbocycles. The maximum absolute atomic E-state index is 6.45. The number of rotatable bonds is 5. The molecule has 0 atom stereocenters. The van der Waals surface area contributed by atoms with E-state index in [2.05, 4.69) is 51.3 Å². The molecule has 0 bridgehead atoms. The number of aromatic amines is 1. The van der Waals surface area contributed by atoms with Crippen LogP contribution in [0.5, 0.6) is 0 Å². The van der Waals surface area contributed by atoms with Gasteiger partial charge in [0.1, 0.15) is 17.1 Å². The number of aromatic nitrogens is 4. The summed E-state index contributed by atoms with van der Waals surface area (Å²) in [5.41, 5.74) is 4.70. The Balaban J connectivity index is 1.33. The van der Waals surface area contributed by atoms with Crippen LogP contribution in [0.15, 0.2) is 46.9 Å². The minimum Gasteiger partial charge on any atom is -0.455 e. The lowest BCUT2D eigenvalue weighted by atomic mass is 9.95. The molecule has 3 aromatic heterocycles. The highest BCUT2D eigenvalue weighted by Gasteiger charge is 2.26. The normalized spacial score (nSPS) is 18.1. The van der Waals surface area contributed by atoms with Crippen LogP contribution in [0.3, 0.4) is 0 Å². The summed E-state index contributed by atoms with van der Waals surface area (Å²) in [7, 11) is 2.18. The Morgan fingerprint density at radius 3 is 2.59 bits per heavy atom. The number of benzene rings is 1. The van der Waals surface area contributed by atoms with Crippen molar-refractivity contribution in [1.82, 2.24) is 25.1 Å². The molecule has 6 rings (SSSR count). The third kappa shape index (κ3) is 4.31. The van der Waals surface area contributed by atoms with Crippen molar-refractivity contribution in [2.75, 3.05) is 51.3 Å². The van der Waals surface area contributed by atoms with Gasteiger partial charge in [-0.3, -0.25) is 5.10 Å². The van der Waals surface area contributed by atoms with E-state index in [1.807, 2.05) is 18.2 Å². The molecule has 5 heterocycles. The van der Waals surface area contributed by atoms with Gasteiger partial charge < -0.3 is 19.0 Å². The van der Waals surface area contributed by atoms with Gasteiger partial charge in [0, 0.05) is 42.8 Å². The maximum Gasteiger partial charge on any atom is 0.195 e. The fourth-order valence-corrected chi connectivity index (χ4v) is 4.92. The first-order chi connectivity index (χ1) is 16.7. The second kappa shape index (κ2) is 9.19. The number of nitrogens with one attached hydrogen (secondary N) is 1. The Labute approximate surface area is 198 Å². The molecule has 0 amide bonds. The molecule has 2 aliphatic heterocycles. The molecule has 0 saturated carbocycles. The Hall–Kier alpha value is -3.23. The summed E-state index contributed by atoms with van der Waals surface area (Å²) in [5, 5.41) is 7.67. The summed E-state index contributed by atoms with van der Waals surface area (Å²) < 4.78 is 12.0. The van der Waals surface area contributed by atoms with Crippen LogP contribution in [0.1, 0.15) is 36.0 Å². The zero-order chi connectivity index (χ0) is 22.9. The van der Waals surface area contributed by atoms with Gasteiger partial charge in [-0.1, -0.05) is 30.3 Å². The van der Waals surface area contributed by atoms with Crippen LogP contribution in [-0.4, -0.2) is 71.5 Å². The van der Waals surface area contributed by atoms with Crippen molar-refractivity contribution < 1.29 is 9.15 Å². The summed E-state index contributed by atoms with van der Waals surface area (Å²) in [6.45, 7) is 5.20. The number of hydrogen-bond donors (Lipinski definition) is 1. The first kappa shape index (κ1) is 21.3. The minimum absolute atomic E-state index is 0.437. The number of nitrogens with zero attached hydrogens (tertiary/aromatic N) is 5. The fraction of sp³-hybridized carbons (Fsp3) is 0.423. The van der Waals surface area contributed by atoms with Crippen molar-refractivity contribution in [2.24, 2.45) is 0 Å². The van der Waals surface area contributed by atoms with E-state index in [0.717, 1.165) is 84.5 Å². The highest BCUT2D eigenvalue weighted by atomic mass is 16.5. The highest BCUT2D eigenvalue weighted by molar-refractivity contribution is 5.85. The van der Waals surface area contributed by atoms with Gasteiger partial charge in [0.15, 0.2) is 11.4 Å². The lowest BCUT2D eigenvalue weighted by molar-refractivity contribution is 0.122. The second-order valence-electron chi connectivity index (χ2n) is 9.32. The summed E-state index contributed by atoms with van der Waals surface area (Å²) in [4.78, 5) is 14.5. The van der Waals surface area contributed by atoms with Crippen LogP contribution >= 0.6 is 0 Å². The number of furan rings is 1. The molecule has 2 fully saturated rings. The number of morpholine rings is 1. The van der Waals surface area contributed by atoms with Gasteiger partial charge >= 0.3 is 0 Å². The predicted octanol–water partition coefficient (Wildman–Crippen LogP) is 3.85. The standard InChI is InChI=1S/C26H30N6O2/c1-31-9-7-19(8-10-31)23-17-22-25(34-23)26(32-11-13-33-14-12-32)28-24(27-22)16-20-15-21(30-29-20)18-5-3-2-4-6-18/h2-6,15,17,19H,7-14,16H2,1H3,(H,29,30). The average Bonchev–Trinajstić information content (AvgIpc) is 3.52. The number of fused-ring (bicyclic) bond motifs is 1. The Morgan fingerprint density at radius 1 is 1.00 bits per heavy atom. The molecule has 176 valence electrons. The van der Waals surface area contributed by atoms with Gasteiger partial charge in [0.05, 0.1) is 18.9 Å². The summed E-state index contributed by atoms with van der Waals surface area (Å²) in [5.74, 6) is 3.13. The summed E-state index contributed by atoms with van der Waals surface area (Å²) in [6.07, 6.45) is 2.81. The first-order valence-corrected chi connectivity index (χ1v) is 12.1. The van der Waals surface area contributed by atoms with E-state index in [1.54, 1.807) is 0 Å². The monoisotopic (exact) mass is 458 g/mol. The zero-order valence-corrected chi connectivity index (χ0v) is 19.5. The van der Waals surface area contributed by atoms with Crippen molar-refractivity contribution in [3.05, 3.63) is 59.7 Å². The van der Waals surface area contributed by atoms with Crippen LogP contribution in [0.4, 0.5) is 5.82 Å². The molecule has 0 unspecified atom stereocenters. The summed E-state index contributed by atoms with van der Waals surface area (Å²) in [6, 6.07) is 14.4. The largest absolute Gasteiger partial charge is 0.455 e. The second-order valence-corrected chi connectivity index (χ2v) is 9.32. The molecular weight excluding hydrogens is 428 g/mol. The van der Waals surface area contributed by atoms with Gasteiger partial charge in [0.25, 0.3) is 0 Å². The third-order valence-corrected chi connectivity index (χ3v) is 6.90. The van der Waals surface area contributed by atoms with Gasteiger partial charge in [-0.25, -0.2) is 9.97 Å². The first-order valence-electron chi connectivity index (χ1n) is 12.1. The lowest BCUT2D eigenvalue weighted by Crippen LogP contribution is -2.37. The topological polar surface area (TPSA) is 83.3 Å². The van der Waals surface area contributed by atoms with Crippen LogP contribution in [0.2, 0.25) is 0 Å². The van der Waals surface area contributed by atoms with Crippen molar-refractivity contribution in [1.29, 1.82) is 0 Å². The highest BCUT2D eigenvalue weighted by Crippen LogP contribution is 2.35. The molecule has 8 nitrogen and oxygen atoms in total. The van der Waals surface area contributed by atoms with E-state index in [-0.39, 0.29) is 0 Å². The molecule has 34 heavy (non-hydrogen) atoms. The van der Waals surface area contributed by atoms with E-state index < -0.39 is 0 Å². The van der Waals surface area contributed by atoms with Gasteiger partial charge in [-0.05, 0) is 39.0 Å². The van der Waals surface area contributed by atoms with Gasteiger partial charge in [-0.2, -0.15) is 5.10 Å². The van der Waals surface area contributed by atoms with Crippen LogP contribution < -0.4 is 4.90 Å². The number of ether oxygens (including phenoxy) is 1. The summed E-state index contributed by atoms with van der Waals surface area (Å²) >= 11 is 0. The molecule has 8 heteroatoms. The quantitative estimate of drug-likeness (QED) is 0.486. The molecule has 0 spiro atoms. The molecule has 2 saturated heterocycles. The predicted molar refractivity (Wildman–Crippen MR) is 131 cm³/mol. The van der Waals surface area contributed by atoms with Gasteiger partial charge in [-0.15, -0.1) is 0 Å². The Kier molecular flexibility index (Phi) is 5.76. The minimum atomic E-state index is 0.437. The zero-order valence-electron chi connectivity index (χ0n) is 19.5. The Morgan fingerprint density at radius 2 is 1.79 bits per heavy atom. The maximum atomic E-state index is 6.45. The number of hydrogen-bond acceptors (Lipinski definition) is 7. The van der Waals surface area contributed by atoms with Crippen molar-refractivity contribution in [2.45, 2.75) is 25.2 Å². The molecule has 0 radical (unpaired) electrons. The third-order valence-electron chi connectivity index (χ3n) is 6.90. The molecule has 1 N–H and O–H groups in total. The average molecular weight is 459 g/mol. The van der Waals surface area contributed by atoms with E-state index >= 15 is 0 Å². The van der Waals surface area contributed by atoms with Crippen LogP contribution in [0, 0.1) is 0 Å². The van der Waals surface area contributed by atoms with Crippen LogP contribution in [0.25, 0.3) is 22.4 Å². The lowest BCUT2D eigenvalue weighted by Gasteiger charge is -2.28. The number of piperidine rings is 1. The smallest absolute Gasteiger partial charge is 0.195 e. The Bertz CT molecular complexity index is 1250. The molecule has 4 aromatic rings. The molecular formula is C26H30N6O2. The molecule has 2 aliphatic rings. The SMILES string of the molecule is CN1CCC(c2cc3nc(Cc4cc(-c5ccccc5)n[nH]4)nc(N4CCOCC4)c3o2)CC1. The van der Waals surface area contributed by atoms with E-state index in [1.165, 1.54) is 0 Å². The van der Waals surface area contributed by atoms with E-state index in [4.69, 9.17) is 19.1 Å². The van der Waals surface area contributed by atoms with Gasteiger partial charge in [0.2, 0.25) is 0 Å².